The van der Waals surface area contributed by atoms with Crippen LogP contribution >= 0.6 is 23.2 Å². The summed E-state index contributed by atoms with van der Waals surface area (Å²) in [4.78, 5) is 14.4. The summed E-state index contributed by atoms with van der Waals surface area (Å²) >= 11 is 11.7. The molecule has 1 aromatic carbocycles. The number of aldehydes is 1. The van der Waals surface area contributed by atoms with Crippen molar-refractivity contribution in [2.75, 3.05) is 0 Å². The molecule has 2 rings (SSSR count). The lowest BCUT2D eigenvalue weighted by Crippen LogP contribution is -2.01. The van der Waals surface area contributed by atoms with Gasteiger partial charge in [-0.15, -0.1) is 0 Å². The van der Waals surface area contributed by atoms with Crippen LogP contribution in [0.5, 0.6) is 5.88 Å². The molecule has 98 valence electrons. The van der Waals surface area contributed by atoms with Crippen molar-refractivity contribution in [3.05, 3.63) is 57.5 Å². The fourth-order valence-corrected chi connectivity index (χ4v) is 1.87. The van der Waals surface area contributed by atoms with Gasteiger partial charge in [-0.1, -0.05) is 29.3 Å². The summed E-state index contributed by atoms with van der Waals surface area (Å²) in [5.74, 6) is -0.347. The summed E-state index contributed by atoms with van der Waals surface area (Å²) in [5, 5.41) is 0.442. The van der Waals surface area contributed by atoms with E-state index in [1.165, 1.54) is 24.4 Å². The van der Waals surface area contributed by atoms with E-state index in [0.717, 1.165) is 0 Å². The zero-order valence-corrected chi connectivity index (χ0v) is 11.1. The van der Waals surface area contributed by atoms with Gasteiger partial charge in [-0.05, 0) is 18.2 Å². The van der Waals surface area contributed by atoms with E-state index in [2.05, 4.69) is 4.98 Å². The second-order valence-corrected chi connectivity index (χ2v) is 4.48. The van der Waals surface area contributed by atoms with E-state index in [1.54, 1.807) is 6.07 Å². The molecule has 1 heterocycles. The molecule has 0 aliphatic carbocycles. The second-order valence-electron chi connectivity index (χ2n) is 3.66. The Balaban J connectivity index is 2.17. The van der Waals surface area contributed by atoms with E-state index in [-0.39, 0.29) is 28.1 Å². The van der Waals surface area contributed by atoms with Crippen LogP contribution in [0.25, 0.3) is 0 Å². The molecule has 0 bridgehead atoms. The molecule has 0 fully saturated rings. The quantitative estimate of drug-likeness (QED) is 0.803. The monoisotopic (exact) mass is 299 g/mol. The zero-order valence-electron chi connectivity index (χ0n) is 9.57. The first-order valence-corrected chi connectivity index (χ1v) is 6.04. The molecule has 0 saturated carbocycles. The fourth-order valence-electron chi connectivity index (χ4n) is 1.42. The Hall–Kier alpha value is -1.65. The SMILES string of the molecule is O=Cc1cnc(OCc2c(F)cccc2Cl)c(Cl)c1. The number of nitrogens with zero attached hydrogens (tertiary/aromatic N) is 1. The Bertz CT molecular complexity index is 599. The molecule has 6 heteroatoms. The Morgan fingerprint density at radius 1 is 1.32 bits per heavy atom. The molecule has 2 aromatic rings. The van der Waals surface area contributed by atoms with Gasteiger partial charge in [-0.2, -0.15) is 0 Å². The van der Waals surface area contributed by atoms with Crippen LogP contribution in [0.2, 0.25) is 10.0 Å². The van der Waals surface area contributed by atoms with Gasteiger partial charge in [0.1, 0.15) is 17.4 Å². The number of rotatable bonds is 4. The molecule has 0 aliphatic rings. The summed E-state index contributed by atoms with van der Waals surface area (Å²) in [6.45, 7) is -0.0985. The average molecular weight is 300 g/mol. The number of aromatic nitrogens is 1. The molecule has 3 nitrogen and oxygen atoms in total. The van der Waals surface area contributed by atoms with Gasteiger partial charge in [0.15, 0.2) is 6.29 Å². The van der Waals surface area contributed by atoms with Crippen LogP contribution < -0.4 is 4.74 Å². The molecule has 0 atom stereocenters. The van der Waals surface area contributed by atoms with Gasteiger partial charge in [-0.25, -0.2) is 9.37 Å². The van der Waals surface area contributed by atoms with Gasteiger partial charge in [0.25, 0.3) is 0 Å². The molecule has 1 aromatic heterocycles. The van der Waals surface area contributed by atoms with E-state index in [9.17, 15) is 9.18 Å². The molecular weight excluding hydrogens is 292 g/mol. The van der Waals surface area contributed by atoms with E-state index in [1.807, 2.05) is 0 Å². The number of pyridine rings is 1. The number of hydrogen-bond acceptors (Lipinski definition) is 3. The van der Waals surface area contributed by atoms with E-state index < -0.39 is 5.82 Å². The normalized spacial score (nSPS) is 10.3. The maximum atomic E-state index is 13.5. The maximum Gasteiger partial charge on any atom is 0.232 e. The van der Waals surface area contributed by atoms with E-state index in [0.29, 0.717) is 11.8 Å². The summed E-state index contributed by atoms with van der Waals surface area (Å²) in [6, 6.07) is 5.77. The minimum atomic E-state index is -0.465. The highest BCUT2D eigenvalue weighted by atomic mass is 35.5. The average Bonchev–Trinajstić information content (AvgIpc) is 2.39. The van der Waals surface area contributed by atoms with Gasteiger partial charge >= 0.3 is 0 Å². The first-order chi connectivity index (χ1) is 9.11. The van der Waals surface area contributed by atoms with Gasteiger partial charge in [-0.3, -0.25) is 4.79 Å². The first kappa shape index (κ1) is 13.8. The van der Waals surface area contributed by atoms with Gasteiger partial charge < -0.3 is 4.74 Å². The summed E-state index contributed by atoms with van der Waals surface area (Å²) in [7, 11) is 0. The zero-order chi connectivity index (χ0) is 13.8. The Morgan fingerprint density at radius 3 is 2.74 bits per heavy atom. The van der Waals surface area contributed by atoms with Crippen LogP contribution in [0.4, 0.5) is 4.39 Å². The number of halogens is 3. The minimum absolute atomic E-state index is 0.0985. The largest absolute Gasteiger partial charge is 0.472 e. The highest BCUT2D eigenvalue weighted by Crippen LogP contribution is 2.25. The van der Waals surface area contributed by atoms with Crippen LogP contribution in [0, 0.1) is 5.82 Å². The molecule has 0 N–H and O–H groups in total. The van der Waals surface area contributed by atoms with Crippen LogP contribution in [-0.4, -0.2) is 11.3 Å². The minimum Gasteiger partial charge on any atom is -0.472 e. The van der Waals surface area contributed by atoms with Gasteiger partial charge in [0.2, 0.25) is 5.88 Å². The second kappa shape index (κ2) is 5.99. The number of carbonyl (C=O) groups is 1. The molecule has 0 saturated heterocycles. The fraction of sp³-hybridized carbons (Fsp3) is 0.0769. The smallest absolute Gasteiger partial charge is 0.232 e. The molecule has 0 radical (unpaired) electrons. The third kappa shape index (κ3) is 3.22. The van der Waals surface area contributed by atoms with Crippen molar-refractivity contribution in [1.29, 1.82) is 0 Å². The van der Waals surface area contributed by atoms with Crippen molar-refractivity contribution in [2.24, 2.45) is 0 Å². The number of ether oxygens (including phenoxy) is 1. The van der Waals surface area contributed by atoms with Crippen LogP contribution in [0.15, 0.2) is 30.5 Å². The molecule has 0 unspecified atom stereocenters. The molecule has 0 spiro atoms. The van der Waals surface area contributed by atoms with Crippen molar-refractivity contribution in [3.63, 3.8) is 0 Å². The molecule has 0 amide bonds. The van der Waals surface area contributed by atoms with Crippen molar-refractivity contribution < 1.29 is 13.9 Å². The van der Waals surface area contributed by atoms with Crippen molar-refractivity contribution >= 4 is 29.5 Å². The Kier molecular flexibility index (Phi) is 4.35. The third-order valence-corrected chi connectivity index (χ3v) is 3.00. The number of hydrogen-bond donors (Lipinski definition) is 0. The van der Waals surface area contributed by atoms with Gasteiger partial charge in [0.05, 0.1) is 5.02 Å². The van der Waals surface area contributed by atoms with E-state index in [4.69, 9.17) is 27.9 Å². The Labute approximate surface area is 118 Å². The van der Waals surface area contributed by atoms with Crippen molar-refractivity contribution in [2.45, 2.75) is 6.61 Å². The predicted octanol–water partition coefficient (Wildman–Crippen LogP) is 3.92. The van der Waals surface area contributed by atoms with Crippen molar-refractivity contribution in [1.82, 2.24) is 4.98 Å². The lowest BCUT2D eigenvalue weighted by atomic mass is 10.2. The lowest BCUT2D eigenvalue weighted by molar-refractivity contribution is 0.112. The standard InChI is InChI=1S/C13H8Cl2FNO2/c14-10-2-1-3-12(16)9(10)7-19-13-11(15)4-8(6-18)5-17-13/h1-6H,7H2. The first-order valence-electron chi connectivity index (χ1n) is 5.28. The summed E-state index contributed by atoms with van der Waals surface area (Å²) in [6.07, 6.45) is 1.94. The predicted molar refractivity (Wildman–Crippen MR) is 70.4 cm³/mol. The summed E-state index contributed by atoms with van der Waals surface area (Å²) in [5.41, 5.74) is 0.558. The lowest BCUT2D eigenvalue weighted by Gasteiger charge is -2.09. The van der Waals surface area contributed by atoms with Crippen LogP contribution in [0.3, 0.4) is 0 Å². The third-order valence-electron chi connectivity index (χ3n) is 2.38. The topological polar surface area (TPSA) is 39.2 Å². The van der Waals surface area contributed by atoms with Crippen LogP contribution in [0.1, 0.15) is 15.9 Å². The molecule has 0 aliphatic heterocycles. The number of carbonyl (C=O) groups excluding carboxylic acids is 1. The highest BCUT2D eigenvalue weighted by molar-refractivity contribution is 6.32. The van der Waals surface area contributed by atoms with Crippen molar-refractivity contribution in [3.8, 4) is 5.88 Å². The summed E-state index contributed by atoms with van der Waals surface area (Å²) < 4.78 is 18.8. The number of benzene rings is 1. The highest BCUT2D eigenvalue weighted by Gasteiger charge is 2.10. The van der Waals surface area contributed by atoms with Gasteiger partial charge in [0, 0.05) is 17.3 Å². The molecule has 19 heavy (non-hydrogen) atoms. The molecular formula is C13H8Cl2FNO2. The maximum absolute atomic E-state index is 13.5. The van der Waals surface area contributed by atoms with E-state index >= 15 is 0 Å². The van der Waals surface area contributed by atoms with Crippen LogP contribution in [-0.2, 0) is 6.61 Å². The Morgan fingerprint density at radius 2 is 2.11 bits per heavy atom.